The molecule has 0 aromatic heterocycles. The van der Waals surface area contributed by atoms with Gasteiger partial charge < -0.3 is 15.4 Å². The average molecular weight is 361 g/mol. The summed E-state index contributed by atoms with van der Waals surface area (Å²) < 4.78 is 5.69. The number of nitrogens with two attached hydrogens (primary N) is 1. The SMILES string of the molecule is CCCOc1ccc(Cl)cc1C(=O)N1CCC(C(C)N)CC1.Cl. The summed E-state index contributed by atoms with van der Waals surface area (Å²) in [4.78, 5) is 14.6. The average Bonchev–Trinajstić information content (AvgIpc) is 2.53. The van der Waals surface area contributed by atoms with E-state index in [0.717, 1.165) is 32.4 Å². The Labute approximate surface area is 149 Å². The van der Waals surface area contributed by atoms with Gasteiger partial charge in [0.1, 0.15) is 5.75 Å². The Kier molecular flexibility index (Phi) is 8.17. The maximum Gasteiger partial charge on any atom is 0.257 e. The molecule has 1 aliphatic heterocycles. The molecule has 1 aromatic rings. The number of carbonyl (C=O) groups excluding carboxylic acids is 1. The molecule has 1 saturated heterocycles. The van der Waals surface area contributed by atoms with Crippen LogP contribution in [0.2, 0.25) is 5.02 Å². The van der Waals surface area contributed by atoms with Crippen molar-refractivity contribution < 1.29 is 9.53 Å². The van der Waals surface area contributed by atoms with Crippen molar-refractivity contribution in [2.45, 2.75) is 39.2 Å². The topological polar surface area (TPSA) is 55.6 Å². The first-order valence-electron chi connectivity index (χ1n) is 8.00. The fourth-order valence-corrected chi connectivity index (χ4v) is 2.98. The molecule has 4 nitrogen and oxygen atoms in total. The molecule has 6 heteroatoms. The maximum absolute atomic E-state index is 12.8. The second-order valence-electron chi connectivity index (χ2n) is 5.98. The molecule has 1 amide bonds. The lowest BCUT2D eigenvalue weighted by atomic mass is 9.90. The molecule has 2 rings (SSSR count). The van der Waals surface area contributed by atoms with E-state index in [-0.39, 0.29) is 24.4 Å². The molecule has 130 valence electrons. The zero-order chi connectivity index (χ0) is 16.1. The largest absolute Gasteiger partial charge is 0.493 e. The molecule has 1 unspecified atom stereocenters. The van der Waals surface area contributed by atoms with Gasteiger partial charge in [0.2, 0.25) is 0 Å². The highest BCUT2D eigenvalue weighted by Gasteiger charge is 2.27. The standard InChI is InChI=1S/C17H25ClN2O2.ClH/c1-3-10-22-16-5-4-14(18)11-15(16)17(21)20-8-6-13(7-9-20)12(2)19;/h4-5,11-13H,3,6-10,19H2,1-2H3;1H. The van der Waals surface area contributed by atoms with Crippen molar-refractivity contribution in [3.05, 3.63) is 28.8 Å². The molecule has 1 heterocycles. The van der Waals surface area contributed by atoms with Crippen LogP contribution in [-0.2, 0) is 0 Å². The van der Waals surface area contributed by atoms with Crippen molar-refractivity contribution in [3.63, 3.8) is 0 Å². The van der Waals surface area contributed by atoms with E-state index < -0.39 is 0 Å². The Morgan fingerprint density at radius 2 is 2.09 bits per heavy atom. The summed E-state index contributed by atoms with van der Waals surface area (Å²) in [6, 6.07) is 5.42. The highest BCUT2D eigenvalue weighted by atomic mass is 35.5. The highest BCUT2D eigenvalue weighted by Crippen LogP contribution is 2.27. The minimum absolute atomic E-state index is 0. The van der Waals surface area contributed by atoms with Crippen molar-refractivity contribution >= 4 is 29.9 Å². The molecule has 1 atom stereocenters. The van der Waals surface area contributed by atoms with E-state index in [1.807, 2.05) is 18.7 Å². The maximum atomic E-state index is 12.8. The van der Waals surface area contributed by atoms with Crippen LogP contribution in [-0.4, -0.2) is 36.5 Å². The minimum Gasteiger partial charge on any atom is -0.493 e. The lowest BCUT2D eigenvalue weighted by Gasteiger charge is -2.34. The summed E-state index contributed by atoms with van der Waals surface area (Å²) in [6.45, 7) is 6.15. The molecule has 1 fully saturated rings. The number of halogens is 2. The third-order valence-corrected chi connectivity index (χ3v) is 4.44. The molecule has 1 aromatic carbocycles. The molecule has 2 N–H and O–H groups in total. The summed E-state index contributed by atoms with van der Waals surface area (Å²) in [6.07, 6.45) is 2.81. The third-order valence-electron chi connectivity index (χ3n) is 4.20. The van der Waals surface area contributed by atoms with Crippen LogP contribution < -0.4 is 10.5 Å². The van der Waals surface area contributed by atoms with Gasteiger partial charge in [0, 0.05) is 24.2 Å². The van der Waals surface area contributed by atoms with Gasteiger partial charge in [-0.15, -0.1) is 12.4 Å². The van der Waals surface area contributed by atoms with Gasteiger partial charge in [0.15, 0.2) is 0 Å². The highest BCUT2D eigenvalue weighted by molar-refractivity contribution is 6.31. The van der Waals surface area contributed by atoms with E-state index in [2.05, 4.69) is 0 Å². The number of likely N-dealkylation sites (tertiary alicyclic amines) is 1. The molecule has 0 aliphatic carbocycles. The van der Waals surface area contributed by atoms with Gasteiger partial charge >= 0.3 is 0 Å². The first kappa shape index (κ1) is 20.1. The van der Waals surface area contributed by atoms with Crippen molar-refractivity contribution in [1.29, 1.82) is 0 Å². The normalized spacial score (nSPS) is 16.6. The lowest BCUT2D eigenvalue weighted by molar-refractivity contribution is 0.0676. The third kappa shape index (κ3) is 5.27. The van der Waals surface area contributed by atoms with E-state index in [9.17, 15) is 4.79 Å². The van der Waals surface area contributed by atoms with Gasteiger partial charge in [-0.05, 0) is 50.3 Å². The summed E-state index contributed by atoms with van der Waals surface area (Å²) in [5.41, 5.74) is 6.51. The number of amides is 1. The van der Waals surface area contributed by atoms with E-state index >= 15 is 0 Å². The van der Waals surface area contributed by atoms with Gasteiger partial charge in [-0.1, -0.05) is 18.5 Å². The monoisotopic (exact) mass is 360 g/mol. The van der Waals surface area contributed by atoms with E-state index in [1.165, 1.54) is 0 Å². The number of hydrogen-bond acceptors (Lipinski definition) is 3. The van der Waals surface area contributed by atoms with Crippen molar-refractivity contribution in [2.75, 3.05) is 19.7 Å². The summed E-state index contributed by atoms with van der Waals surface area (Å²) in [7, 11) is 0. The minimum atomic E-state index is -0.00303. The Morgan fingerprint density at radius 3 is 2.65 bits per heavy atom. The summed E-state index contributed by atoms with van der Waals surface area (Å²) in [5, 5.41) is 0.553. The number of piperidine rings is 1. The Bertz CT molecular complexity index is 515. The Hall–Kier alpha value is -0.970. The molecule has 0 spiro atoms. The molecule has 23 heavy (non-hydrogen) atoms. The lowest BCUT2D eigenvalue weighted by Crippen LogP contribution is -2.42. The second kappa shape index (κ2) is 9.36. The van der Waals surface area contributed by atoms with Gasteiger partial charge in [0.05, 0.1) is 12.2 Å². The van der Waals surface area contributed by atoms with Gasteiger partial charge in [-0.3, -0.25) is 4.79 Å². The molecular weight excluding hydrogens is 335 g/mol. The van der Waals surface area contributed by atoms with Crippen LogP contribution in [0, 0.1) is 5.92 Å². The molecular formula is C17H26Cl2N2O2. The fraction of sp³-hybridized carbons (Fsp3) is 0.588. The van der Waals surface area contributed by atoms with E-state index in [4.69, 9.17) is 22.1 Å². The van der Waals surface area contributed by atoms with Crippen LogP contribution in [0.5, 0.6) is 5.75 Å². The molecule has 0 radical (unpaired) electrons. The molecule has 0 bridgehead atoms. The number of rotatable bonds is 5. The zero-order valence-corrected chi connectivity index (χ0v) is 15.3. The smallest absolute Gasteiger partial charge is 0.257 e. The van der Waals surface area contributed by atoms with Gasteiger partial charge in [-0.2, -0.15) is 0 Å². The number of hydrogen-bond donors (Lipinski definition) is 1. The molecule has 1 aliphatic rings. The van der Waals surface area contributed by atoms with Crippen molar-refractivity contribution in [1.82, 2.24) is 4.90 Å². The number of nitrogens with zero attached hydrogens (tertiary/aromatic N) is 1. The number of ether oxygens (including phenoxy) is 1. The zero-order valence-electron chi connectivity index (χ0n) is 13.8. The van der Waals surface area contributed by atoms with E-state index in [1.54, 1.807) is 18.2 Å². The first-order chi connectivity index (χ1) is 10.5. The van der Waals surface area contributed by atoms with Gasteiger partial charge in [0.25, 0.3) is 5.91 Å². The summed E-state index contributed by atoms with van der Waals surface area (Å²) >= 11 is 6.06. The predicted molar refractivity (Wildman–Crippen MR) is 96.8 cm³/mol. The molecule has 0 saturated carbocycles. The quantitative estimate of drug-likeness (QED) is 0.869. The Balaban J connectivity index is 0.00000264. The van der Waals surface area contributed by atoms with E-state index in [0.29, 0.717) is 28.9 Å². The summed E-state index contributed by atoms with van der Waals surface area (Å²) in [5.74, 6) is 1.11. The van der Waals surface area contributed by atoms with Crippen LogP contribution in [0.4, 0.5) is 0 Å². The van der Waals surface area contributed by atoms with Crippen molar-refractivity contribution in [3.8, 4) is 5.75 Å². The Morgan fingerprint density at radius 1 is 1.43 bits per heavy atom. The van der Waals surface area contributed by atoms with Crippen LogP contribution in [0.3, 0.4) is 0 Å². The predicted octanol–water partition coefficient (Wildman–Crippen LogP) is 3.75. The number of carbonyl (C=O) groups is 1. The fourth-order valence-electron chi connectivity index (χ4n) is 2.81. The van der Waals surface area contributed by atoms with Crippen LogP contribution in [0.15, 0.2) is 18.2 Å². The first-order valence-corrected chi connectivity index (χ1v) is 8.38. The van der Waals surface area contributed by atoms with Crippen LogP contribution in [0.1, 0.15) is 43.5 Å². The van der Waals surface area contributed by atoms with Crippen molar-refractivity contribution in [2.24, 2.45) is 11.7 Å². The number of benzene rings is 1. The second-order valence-corrected chi connectivity index (χ2v) is 6.41. The van der Waals surface area contributed by atoms with Crippen LogP contribution >= 0.6 is 24.0 Å². The van der Waals surface area contributed by atoms with Crippen LogP contribution in [0.25, 0.3) is 0 Å². The van der Waals surface area contributed by atoms with Gasteiger partial charge in [-0.25, -0.2) is 0 Å².